The third-order valence-electron chi connectivity index (χ3n) is 4.70. The molecule has 0 saturated carbocycles. The smallest absolute Gasteiger partial charge is 0.160 e. The van der Waals surface area contributed by atoms with Crippen molar-refractivity contribution in [1.82, 2.24) is 19.9 Å². The fourth-order valence-electron chi connectivity index (χ4n) is 2.73. The molecule has 0 fully saturated rings. The Hall–Kier alpha value is -2.09. The van der Waals surface area contributed by atoms with Gasteiger partial charge in [0.1, 0.15) is 6.29 Å². The summed E-state index contributed by atoms with van der Waals surface area (Å²) in [5.41, 5.74) is 7.12. The molecule has 0 saturated heterocycles. The van der Waals surface area contributed by atoms with Crippen molar-refractivity contribution in [2.45, 2.75) is 39.2 Å². The zero-order valence-electron chi connectivity index (χ0n) is 17.3. The normalized spacial score (nSPS) is 12.3. The fraction of sp³-hybridized carbons (Fsp3) is 0.409. The number of fused-ring (bicyclic) bond motifs is 1. The Balaban J connectivity index is 0.000000370. The average molecular weight is 460 g/mol. The summed E-state index contributed by atoms with van der Waals surface area (Å²) >= 11 is 3.51. The van der Waals surface area contributed by atoms with Crippen LogP contribution in [0.25, 0.3) is 5.65 Å². The van der Waals surface area contributed by atoms with Crippen LogP contribution in [-0.4, -0.2) is 34.5 Å². The second-order valence-corrected chi connectivity index (χ2v) is 8.58. The maximum absolute atomic E-state index is 9.98. The topological polar surface area (TPSA) is 85.3 Å². The number of benzene rings is 1. The van der Waals surface area contributed by atoms with Gasteiger partial charge in [-0.15, -0.1) is 10.2 Å². The Bertz CT molecular complexity index is 895. The van der Waals surface area contributed by atoms with Gasteiger partial charge in [0.25, 0.3) is 0 Å². The Labute approximate surface area is 181 Å². The number of rotatable bonds is 8. The maximum Gasteiger partial charge on any atom is 0.160 e. The predicted molar refractivity (Wildman–Crippen MR) is 121 cm³/mol. The number of aryl methyl sites for hydroxylation is 1. The number of carbonyl (C=O) groups excluding carboxylic acids is 1. The van der Waals surface area contributed by atoms with Crippen molar-refractivity contribution in [3.05, 3.63) is 64.5 Å². The van der Waals surface area contributed by atoms with Gasteiger partial charge in [0.15, 0.2) is 11.5 Å². The number of nitrogens with one attached hydrogen (secondary N) is 1. The molecular formula is C22H30BrN5O. The van der Waals surface area contributed by atoms with Crippen molar-refractivity contribution in [1.29, 1.82) is 0 Å². The molecule has 29 heavy (non-hydrogen) atoms. The maximum atomic E-state index is 9.98. The molecule has 3 aromatic rings. The molecule has 0 aliphatic carbocycles. The summed E-state index contributed by atoms with van der Waals surface area (Å²) in [5, 5.41) is 12.0. The van der Waals surface area contributed by atoms with E-state index in [1.54, 1.807) is 13.8 Å². The van der Waals surface area contributed by atoms with Crippen molar-refractivity contribution in [3.63, 3.8) is 0 Å². The van der Waals surface area contributed by atoms with E-state index in [0.29, 0.717) is 6.54 Å². The molecule has 0 aliphatic rings. The molecule has 0 radical (unpaired) electrons. The van der Waals surface area contributed by atoms with Gasteiger partial charge in [-0.1, -0.05) is 44.2 Å². The fourth-order valence-corrected chi connectivity index (χ4v) is 3.06. The minimum Gasteiger partial charge on any atom is -0.330 e. The summed E-state index contributed by atoms with van der Waals surface area (Å²) in [6.07, 6.45) is 6.11. The SMILES string of the molecule is CC(C)(C=O)CN.CN[C@H](CCCc1ccccc1)c1nnc2ccc(Br)cn12. The highest BCUT2D eigenvalue weighted by Gasteiger charge is 2.16. The number of aldehydes is 1. The lowest BCUT2D eigenvalue weighted by Gasteiger charge is -2.14. The first-order valence-corrected chi connectivity index (χ1v) is 10.6. The lowest BCUT2D eigenvalue weighted by molar-refractivity contribution is -0.114. The van der Waals surface area contributed by atoms with Crippen molar-refractivity contribution in [2.24, 2.45) is 11.1 Å². The molecular weight excluding hydrogens is 430 g/mol. The van der Waals surface area contributed by atoms with Gasteiger partial charge in [-0.3, -0.25) is 4.40 Å². The average Bonchev–Trinajstić information content (AvgIpc) is 3.15. The van der Waals surface area contributed by atoms with Crippen molar-refractivity contribution >= 4 is 27.9 Å². The second kappa shape index (κ2) is 11.2. The third kappa shape index (κ3) is 7.03. The summed E-state index contributed by atoms with van der Waals surface area (Å²) in [6.45, 7) is 4.04. The van der Waals surface area contributed by atoms with E-state index in [2.05, 4.69) is 61.8 Å². The van der Waals surface area contributed by atoms with Crippen LogP contribution in [0, 0.1) is 5.41 Å². The van der Waals surface area contributed by atoms with E-state index in [1.807, 2.05) is 29.8 Å². The Morgan fingerprint density at radius 3 is 2.52 bits per heavy atom. The molecule has 3 rings (SSSR count). The van der Waals surface area contributed by atoms with Crippen LogP contribution in [0.15, 0.2) is 53.1 Å². The van der Waals surface area contributed by atoms with E-state index in [1.165, 1.54) is 5.56 Å². The number of nitrogens with zero attached hydrogens (tertiary/aromatic N) is 3. The van der Waals surface area contributed by atoms with Gasteiger partial charge in [-0.25, -0.2) is 0 Å². The summed E-state index contributed by atoms with van der Waals surface area (Å²) in [7, 11) is 1.98. The van der Waals surface area contributed by atoms with Gasteiger partial charge in [0.2, 0.25) is 0 Å². The monoisotopic (exact) mass is 459 g/mol. The highest BCUT2D eigenvalue weighted by Crippen LogP contribution is 2.20. The van der Waals surface area contributed by atoms with E-state index in [-0.39, 0.29) is 11.5 Å². The number of halogens is 1. The molecule has 2 heterocycles. The first-order valence-electron chi connectivity index (χ1n) is 9.78. The molecule has 0 unspecified atom stereocenters. The Kier molecular flexibility index (Phi) is 8.95. The predicted octanol–water partition coefficient (Wildman–Crippen LogP) is 3.95. The minimum atomic E-state index is -0.319. The van der Waals surface area contributed by atoms with E-state index in [0.717, 1.165) is 41.5 Å². The third-order valence-corrected chi connectivity index (χ3v) is 5.17. The molecule has 1 aromatic carbocycles. The molecule has 0 bridgehead atoms. The van der Waals surface area contributed by atoms with Gasteiger partial charge in [0, 0.05) is 22.6 Å². The van der Waals surface area contributed by atoms with Crippen molar-refractivity contribution in [2.75, 3.05) is 13.6 Å². The number of hydrogen-bond acceptors (Lipinski definition) is 5. The van der Waals surface area contributed by atoms with Gasteiger partial charge in [0.05, 0.1) is 6.04 Å². The zero-order valence-corrected chi connectivity index (χ0v) is 18.9. The standard InChI is InChI=1S/C17H19BrN4.C5H11NO/c1-19-15(9-5-8-13-6-3-2-4-7-13)17-21-20-16-11-10-14(18)12-22(16)17;1-5(2,3-6)4-7/h2-4,6-7,10-12,15,19H,5,8-9H2,1H3;4H,3,6H2,1-2H3/t15-;/m1./s1. The molecule has 1 atom stereocenters. The summed E-state index contributed by atoms with van der Waals surface area (Å²) < 4.78 is 3.08. The lowest BCUT2D eigenvalue weighted by Crippen LogP contribution is -2.24. The first-order chi connectivity index (χ1) is 13.9. The van der Waals surface area contributed by atoms with E-state index in [4.69, 9.17) is 5.73 Å². The largest absolute Gasteiger partial charge is 0.330 e. The molecule has 0 spiro atoms. The van der Waals surface area contributed by atoms with E-state index < -0.39 is 0 Å². The highest BCUT2D eigenvalue weighted by atomic mass is 79.9. The van der Waals surface area contributed by atoms with Crippen LogP contribution in [-0.2, 0) is 11.2 Å². The van der Waals surface area contributed by atoms with Crippen molar-refractivity contribution < 1.29 is 4.79 Å². The van der Waals surface area contributed by atoms with Gasteiger partial charge >= 0.3 is 0 Å². The second-order valence-electron chi connectivity index (χ2n) is 7.66. The van der Waals surface area contributed by atoms with Crippen LogP contribution in [0.4, 0.5) is 0 Å². The highest BCUT2D eigenvalue weighted by molar-refractivity contribution is 9.10. The molecule has 2 aromatic heterocycles. The van der Waals surface area contributed by atoms with E-state index in [9.17, 15) is 4.79 Å². The number of pyridine rings is 1. The lowest BCUT2D eigenvalue weighted by atomic mass is 9.97. The molecule has 3 N–H and O–H groups in total. The molecule has 7 heteroatoms. The minimum absolute atomic E-state index is 0.202. The zero-order chi connectivity index (χ0) is 21.3. The molecule has 156 valence electrons. The van der Waals surface area contributed by atoms with Gasteiger partial charge in [-0.2, -0.15) is 0 Å². The van der Waals surface area contributed by atoms with Crippen LogP contribution >= 0.6 is 15.9 Å². The quantitative estimate of drug-likeness (QED) is 0.498. The molecule has 0 aliphatic heterocycles. The van der Waals surface area contributed by atoms with Crippen LogP contribution in [0.3, 0.4) is 0 Å². The Morgan fingerprint density at radius 2 is 1.93 bits per heavy atom. The van der Waals surface area contributed by atoms with Crippen LogP contribution < -0.4 is 11.1 Å². The van der Waals surface area contributed by atoms with Crippen LogP contribution in [0.1, 0.15) is 44.1 Å². The number of nitrogens with two attached hydrogens (primary N) is 1. The molecule has 0 amide bonds. The summed E-state index contributed by atoms with van der Waals surface area (Å²) in [4.78, 5) is 9.98. The summed E-state index contributed by atoms with van der Waals surface area (Å²) in [6, 6.07) is 14.8. The number of aromatic nitrogens is 3. The summed E-state index contributed by atoms with van der Waals surface area (Å²) in [5.74, 6) is 0.965. The van der Waals surface area contributed by atoms with E-state index >= 15 is 0 Å². The number of hydrogen-bond donors (Lipinski definition) is 2. The van der Waals surface area contributed by atoms with Gasteiger partial charge in [-0.05, 0) is 59.9 Å². The number of carbonyl (C=O) groups is 1. The first kappa shape index (κ1) is 23.2. The van der Waals surface area contributed by atoms with Gasteiger partial charge < -0.3 is 15.8 Å². The van der Waals surface area contributed by atoms with Crippen LogP contribution in [0.5, 0.6) is 0 Å². The van der Waals surface area contributed by atoms with Crippen molar-refractivity contribution in [3.8, 4) is 0 Å². The molecule has 6 nitrogen and oxygen atoms in total. The Morgan fingerprint density at radius 1 is 1.21 bits per heavy atom. The van der Waals surface area contributed by atoms with Crippen LogP contribution in [0.2, 0.25) is 0 Å².